The number of methoxy groups -OCH3 is 1. The maximum atomic E-state index is 5.25. The highest BCUT2D eigenvalue weighted by Gasteiger charge is 2.12. The van der Waals surface area contributed by atoms with E-state index in [2.05, 4.69) is 19.9 Å². The van der Waals surface area contributed by atoms with Crippen LogP contribution in [0.4, 0.5) is 0 Å². The van der Waals surface area contributed by atoms with Crippen LogP contribution in [0.3, 0.4) is 0 Å². The van der Waals surface area contributed by atoms with Gasteiger partial charge in [0.25, 0.3) is 0 Å². The lowest BCUT2D eigenvalue weighted by molar-refractivity contribution is 0.400. The van der Waals surface area contributed by atoms with Gasteiger partial charge in [-0.2, -0.15) is 0 Å². The molecular formula is C11H8N4OS. The Balaban J connectivity index is 2.29. The lowest BCUT2D eigenvalue weighted by Crippen LogP contribution is -1.97. The van der Waals surface area contributed by atoms with Crippen molar-refractivity contribution in [2.24, 2.45) is 0 Å². The normalized spacial score (nSPS) is 10.6. The van der Waals surface area contributed by atoms with Crippen molar-refractivity contribution in [1.82, 2.24) is 19.9 Å². The van der Waals surface area contributed by atoms with E-state index in [1.54, 1.807) is 24.6 Å². The molecule has 84 valence electrons. The Hall–Kier alpha value is -2.08. The first-order chi connectivity index (χ1) is 8.38. The molecule has 5 nitrogen and oxygen atoms in total. The number of hydrogen-bond donors (Lipinski definition) is 0. The van der Waals surface area contributed by atoms with Crippen molar-refractivity contribution in [3.05, 3.63) is 30.0 Å². The fraction of sp³-hybridized carbons (Fsp3) is 0.0909. The summed E-state index contributed by atoms with van der Waals surface area (Å²) < 4.78 is 5.25. The molecule has 3 aromatic heterocycles. The van der Waals surface area contributed by atoms with E-state index >= 15 is 0 Å². The summed E-state index contributed by atoms with van der Waals surface area (Å²) in [5.74, 6) is 0.495. The lowest BCUT2D eigenvalue weighted by atomic mass is 10.3. The highest BCUT2D eigenvalue weighted by Crippen LogP contribution is 2.30. The largest absolute Gasteiger partial charge is 0.479 e. The predicted molar refractivity (Wildman–Crippen MR) is 65.0 cm³/mol. The first-order valence-electron chi connectivity index (χ1n) is 4.94. The van der Waals surface area contributed by atoms with E-state index in [-0.39, 0.29) is 0 Å². The third-order valence-corrected chi connectivity index (χ3v) is 3.14. The highest BCUT2D eigenvalue weighted by molar-refractivity contribution is 7.13. The van der Waals surface area contributed by atoms with E-state index in [9.17, 15) is 0 Å². The van der Waals surface area contributed by atoms with Crippen LogP contribution in [0.15, 0.2) is 30.0 Å². The van der Waals surface area contributed by atoms with Gasteiger partial charge in [0.2, 0.25) is 5.88 Å². The smallest absolute Gasteiger partial charge is 0.241 e. The Morgan fingerprint density at radius 3 is 3.00 bits per heavy atom. The molecule has 0 aliphatic rings. The minimum absolute atomic E-state index is 0.495. The van der Waals surface area contributed by atoms with Crippen molar-refractivity contribution in [3.8, 4) is 16.5 Å². The van der Waals surface area contributed by atoms with E-state index in [0.717, 1.165) is 4.88 Å². The monoisotopic (exact) mass is 244 g/mol. The number of ether oxygens (including phenoxy) is 1. The second kappa shape index (κ2) is 4.06. The van der Waals surface area contributed by atoms with Gasteiger partial charge in [-0.3, -0.25) is 0 Å². The number of nitrogens with zero attached hydrogens (tertiary/aromatic N) is 4. The second-order valence-electron chi connectivity index (χ2n) is 3.29. The second-order valence-corrected chi connectivity index (χ2v) is 4.24. The van der Waals surface area contributed by atoms with E-state index in [4.69, 9.17) is 4.74 Å². The van der Waals surface area contributed by atoms with E-state index in [1.165, 1.54) is 6.33 Å². The number of aromatic nitrogens is 4. The summed E-state index contributed by atoms with van der Waals surface area (Å²) in [6.07, 6.45) is 3.08. The average Bonchev–Trinajstić information content (AvgIpc) is 2.91. The van der Waals surface area contributed by atoms with Gasteiger partial charge >= 0.3 is 0 Å². The minimum atomic E-state index is 0.495. The van der Waals surface area contributed by atoms with Gasteiger partial charge in [-0.1, -0.05) is 6.07 Å². The zero-order valence-electron chi connectivity index (χ0n) is 8.99. The number of rotatable bonds is 2. The fourth-order valence-electron chi connectivity index (χ4n) is 1.51. The van der Waals surface area contributed by atoms with Gasteiger partial charge in [-0.25, -0.2) is 19.9 Å². The summed E-state index contributed by atoms with van der Waals surface area (Å²) in [4.78, 5) is 17.8. The maximum Gasteiger partial charge on any atom is 0.241 e. The SMILES string of the molecule is COc1nc2cncnc2nc1-c1cccs1. The molecule has 0 fully saturated rings. The van der Waals surface area contributed by atoms with Crippen molar-refractivity contribution in [1.29, 1.82) is 0 Å². The molecule has 0 saturated heterocycles. The molecule has 0 aromatic carbocycles. The fourth-order valence-corrected chi connectivity index (χ4v) is 2.22. The van der Waals surface area contributed by atoms with E-state index in [0.29, 0.717) is 22.7 Å². The molecule has 17 heavy (non-hydrogen) atoms. The van der Waals surface area contributed by atoms with Gasteiger partial charge in [0.1, 0.15) is 17.5 Å². The molecule has 0 atom stereocenters. The van der Waals surface area contributed by atoms with Crippen LogP contribution in [-0.4, -0.2) is 27.0 Å². The van der Waals surface area contributed by atoms with Gasteiger partial charge in [0.15, 0.2) is 5.65 Å². The molecule has 0 spiro atoms. The van der Waals surface area contributed by atoms with Crippen LogP contribution in [0.1, 0.15) is 0 Å². The third kappa shape index (κ3) is 1.72. The van der Waals surface area contributed by atoms with Gasteiger partial charge in [-0.05, 0) is 11.4 Å². The topological polar surface area (TPSA) is 60.8 Å². The van der Waals surface area contributed by atoms with Crippen LogP contribution in [-0.2, 0) is 0 Å². The van der Waals surface area contributed by atoms with Crippen LogP contribution in [0.25, 0.3) is 21.7 Å². The van der Waals surface area contributed by atoms with Gasteiger partial charge in [0.05, 0.1) is 18.2 Å². The number of thiophene rings is 1. The van der Waals surface area contributed by atoms with Crippen LogP contribution in [0.5, 0.6) is 5.88 Å². The molecule has 6 heteroatoms. The highest BCUT2D eigenvalue weighted by atomic mass is 32.1. The first kappa shape index (κ1) is 10.1. The van der Waals surface area contributed by atoms with Crippen LogP contribution in [0, 0.1) is 0 Å². The van der Waals surface area contributed by atoms with Crippen molar-refractivity contribution < 1.29 is 4.74 Å². The Morgan fingerprint density at radius 1 is 1.29 bits per heavy atom. The zero-order chi connectivity index (χ0) is 11.7. The molecule has 3 rings (SSSR count). The van der Waals surface area contributed by atoms with Crippen LogP contribution >= 0.6 is 11.3 Å². The summed E-state index contributed by atoms with van der Waals surface area (Å²) in [6, 6.07) is 3.94. The quantitative estimate of drug-likeness (QED) is 0.691. The molecule has 0 unspecified atom stereocenters. The van der Waals surface area contributed by atoms with Crippen LogP contribution in [0.2, 0.25) is 0 Å². The van der Waals surface area contributed by atoms with Crippen LogP contribution < -0.4 is 4.74 Å². The molecule has 0 bridgehead atoms. The lowest BCUT2D eigenvalue weighted by Gasteiger charge is -2.05. The van der Waals surface area contributed by atoms with E-state index < -0.39 is 0 Å². The Labute approximate surface area is 101 Å². The van der Waals surface area contributed by atoms with E-state index in [1.807, 2.05) is 17.5 Å². The first-order valence-corrected chi connectivity index (χ1v) is 5.82. The molecule has 0 aliphatic carbocycles. The molecule has 0 aliphatic heterocycles. The van der Waals surface area contributed by atoms with Gasteiger partial charge in [-0.15, -0.1) is 11.3 Å². The predicted octanol–water partition coefficient (Wildman–Crippen LogP) is 2.16. The summed E-state index contributed by atoms with van der Waals surface area (Å²) in [7, 11) is 1.58. The van der Waals surface area contributed by atoms with Gasteiger partial charge in [0, 0.05) is 0 Å². The molecule has 3 aromatic rings. The number of hydrogen-bond acceptors (Lipinski definition) is 6. The minimum Gasteiger partial charge on any atom is -0.479 e. The molecule has 0 amide bonds. The van der Waals surface area contributed by atoms with Crippen molar-refractivity contribution >= 4 is 22.5 Å². The summed E-state index contributed by atoms with van der Waals surface area (Å²) in [6.45, 7) is 0. The number of fused-ring (bicyclic) bond motifs is 1. The van der Waals surface area contributed by atoms with Crippen molar-refractivity contribution in [2.75, 3.05) is 7.11 Å². The summed E-state index contributed by atoms with van der Waals surface area (Å²) >= 11 is 1.59. The molecule has 3 heterocycles. The molecule has 0 radical (unpaired) electrons. The maximum absolute atomic E-state index is 5.25. The molecule has 0 N–H and O–H groups in total. The Bertz CT molecular complexity index is 654. The van der Waals surface area contributed by atoms with Crippen molar-refractivity contribution in [2.45, 2.75) is 0 Å². The zero-order valence-corrected chi connectivity index (χ0v) is 9.81. The van der Waals surface area contributed by atoms with Gasteiger partial charge < -0.3 is 4.74 Å². The van der Waals surface area contributed by atoms with Crippen molar-refractivity contribution in [3.63, 3.8) is 0 Å². The summed E-state index contributed by atoms with van der Waals surface area (Å²) in [5.41, 5.74) is 1.92. The molecular weight excluding hydrogens is 236 g/mol. The Morgan fingerprint density at radius 2 is 2.24 bits per heavy atom. The Kier molecular flexibility index (Phi) is 2.41. The standard InChI is InChI=1S/C11H8N4OS/c1-16-11-9(8-3-2-4-17-8)15-10-7(14-11)5-12-6-13-10/h2-6H,1H3. The summed E-state index contributed by atoms with van der Waals surface area (Å²) in [5, 5.41) is 1.99. The molecule has 0 saturated carbocycles. The third-order valence-electron chi connectivity index (χ3n) is 2.26. The average molecular weight is 244 g/mol.